The van der Waals surface area contributed by atoms with E-state index in [1.807, 2.05) is 12.1 Å². The van der Waals surface area contributed by atoms with Gasteiger partial charge in [0.05, 0.1) is 0 Å². The Morgan fingerprint density at radius 3 is 2.29 bits per heavy atom. The summed E-state index contributed by atoms with van der Waals surface area (Å²) in [7, 11) is 0. The van der Waals surface area contributed by atoms with Crippen molar-refractivity contribution < 1.29 is 4.79 Å². The maximum Gasteiger partial charge on any atom is 0.162 e. The van der Waals surface area contributed by atoms with E-state index in [9.17, 15) is 4.79 Å². The molecule has 0 saturated carbocycles. The van der Waals surface area contributed by atoms with E-state index < -0.39 is 0 Å². The second-order valence-corrected chi connectivity index (χ2v) is 11.0. The van der Waals surface area contributed by atoms with E-state index in [1.54, 1.807) is 0 Å². The zero-order valence-corrected chi connectivity index (χ0v) is 24.4. The Hall–Kier alpha value is -1.88. The molecule has 6 heteroatoms. The lowest BCUT2D eigenvalue weighted by atomic mass is 9.89. The van der Waals surface area contributed by atoms with E-state index in [0.717, 1.165) is 62.7 Å². The van der Waals surface area contributed by atoms with Crippen LogP contribution in [-0.2, 0) is 26.1 Å². The first-order chi connectivity index (χ1) is 17.6. The molecule has 3 nitrogen and oxygen atoms in total. The van der Waals surface area contributed by atoms with E-state index in [2.05, 4.69) is 70.5 Å². The number of piperidine rings is 1. The van der Waals surface area contributed by atoms with Crippen LogP contribution in [0, 0.1) is 5.92 Å². The molecule has 5 rings (SSSR count). The first-order valence-corrected chi connectivity index (χ1v) is 13.9. The third-order valence-electron chi connectivity index (χ3n) is 7.87. The average molecular weight is 574 g/mol. The van der Waals surface area contributed by atoms with Gasteiger partial charge in [0, 0.05) is 36.6 Å². The normalized spacial score (nSPS) is 16.6. The van der Waals surface area contributed by atoms with Crippen LogP contribution in [0.3, 0.4) is 0 Å². The number of nitrogens with zero attached hydrogens (tertiary/aromatic N) is 2. The summed E-state index contributed by atoms with van der Waals surface area (Å²) in [6.07, 6.45) is 6.28. The SMILES string of the molecule is Cl.Cl.O=C(CCC1CCN(Cc2cccc(Cl)c2)CC1)c1ccc2c(c1)CN(Cc1ccccc1)CCC2. The number of ketones is 1. The van der Waals surface area contributed by atoms with Crippen molar-refractivity contribution in [3.8, 4) is 0 Å². The Kier molecular flexibility index (Phi) is 12.1. The quantitative estimate of drug-likeness (QED) is 0.255. The molecule has 3 aromatic rings. The summed E-state index contributed by atoms with van der Waals surface area (Å²) in [5.41, 5.74) is 6.28. The predicted octanol–water partition coefficient (Wildman–Crippen LogP) is 8.01. The molecular weight excluding hydrogens is 535 g/mol. The number of hydrogen-bond donors (Lipinski definition) is 0. The summed E-state index contributed by atoms with van der Waals surface area (Å²) in [6, 6.07) is 25.3. The molecule has 2 aliphatic rings. The molecule has 0 aromatic heterocycles. The second kappa shape index (κ2) is 15.1. The lowest BCUT2D eigenvalue weighted by Gasteiger charge is -2.32. The van der Waals surface area contributed by atoms with Crippen molar-refractivity contribution in [2.24, 2.45) is 5.92 Å². The Bertz CT molecular complexity index is 1160. The fraction of sp³-hybridized carbons (Fsp3) is 0.406. The maximum absolute atomic E-state index is 13.1. The highest BCUT2D eigenvalue weighted by Crippen LogP contribution is 2.26. The van der Waals surface area contributed by atoms with Gasteiger partial charge in [-0.2, -0.15) is 0 Å². The molecule has 2 heterocycles. The highest BCUT2D eigenvalue weighted by molar-refractivity contribution is 6.30. The fourth-order valence-electron chi connectivity index (χ4n) is 5.79. The first kappa shape index (κ1) is 30.7. The third kappa shape index (κ3) is 8.56. The molecule has 0 unspecified atom stereocenters. The molecule has 0 bridgehead atoms. The Balaban J connectivity index is 0.00000200. The Morgan fingerprint density at radius 2 is 1.53 bits per heavy atom. The van der Waals surface area contributed by atoms with Crippen molar-refractivity contribution in [1.82, 2.24) is 9.80 Å². The van der Waals surface area contributed by atoms with Crippen LogP contribution in [0.2, 0.25) is 5.02 Å². The first-order valence-electron chi connectivity index (χ1n) is 13.5. The molecule has 0 amide bonds. The van der Waals surface area contributed by atoms with E-state index in [0.29, 0.717) is 18.1 Å². The van der Waals surface area contributed by atoms with Crippen LogP contribution in [0.4, 0.5) is 0 Å². The lowest BCUT2D eigenvalue weighted by Crippen LogP contribution is -2.33. The van der Waals surface area contributed by atoms with Gasteiger partial charge in [0.2, 0.25) is 0 Å². The topological polar surface area (TPSA) is 23.6 Å². The van der Waals surface area contributed by atoms with Crippen molar-refractivity contribution >= 4 is 42.2 Å². The third-order valence-corrected chi connectivity index (χ3v) is 8.11. The molecular formula is C32H39Cl3N2O. The minimum atomic E-state index is 0. The monoisotopic (exact) mass is 572 g/mol. The van der Waals surface area contributed by atoms with Crippen molar-refractivity contribution in [2.45, 2.75) is 58.2 Å². The molecule has 0 spiro atoms. The molecule has 204 valence electrons. The van der Waals surface area contributed by atoms with Crippen LogP contribution >= 0.6 is 36.4 Å². The maximum atomic E-state index is 13.1. The van der Waals surface area contributed by atoms with E-state index in [-0.39, 0.29) is 24.8 Å². The molecule has 3 aromatic carbocycles. The Labute approximate surface area is 245 Å². The number of aryl methyl sites for hydroxylation is 1. The predicted molar refractivity (Wildman–Crippen MR) is 163 cm³/mol. The minimum absolute atomic E-state index is 0. The molecule has 0 radical (unpaired) electrons. The number of benzene rings is 3. The van der Waals surface area contributed by atoms with Crippen molar-refractivity contribution in [3.63, 3.8) is 0 Å². The summed E-state index contributed by atoms with van der Waals surface area (Å²) < 4.78 is 0. The lowest BCUT2D eigenvalue weighted by molar-refractivity contribution is 0.0961. The molecule has 1 fully saturated rings. The van der Waals surface area contributed by atoms with Crippen LogP contribution < -0.4 is 0 Å². The van der Waals surface area contributed by atoms with Crippen LogP contribution in [-0.4, -0.2) is 35.2 Å². The summed E-state index contributed by atoms with van der Waals surface area (Å²) in [5, 5.41) is 0.808. The molecule has 38 heavy (non-hydrogen) atoms. The van der Waals surface area contributed by atoms with Gasteiger partial charge in [-0.25, -0.2) is 0 Å². The van der Waals surface area contributed by atoms with Crippen molar-refractivity contribution in [1.29, 1.82) is 0 Å². The number of carbonyl (C=O) groups excluding carboxylic acids is 1. The fourth-order valence-corrected chi connectivity index (χ4v) is 6.00. The van der Waals surface area contributed by atoms with E-state index in [1.165, 1.54) is 41.5 Å². The number of carbonyl (C=O) groups is 1. The van der Waals surface area contributed by atoms with Gasteiger partial charge in [-0.1, -0.05) is 66.2 Å². The highest BCUT2D eigenvalue weighted by atomic mass is 35.5. The van der Waals surface area contributed by atoms with Crippen LogP contribution in [0.25, 0.3) is 0 Å². The summed E-state index contributed by atoms with van der Waals surface area (Å²) in [6.45, 7) is 6.15. The number of halogens is 3. The minimum Gasteiger partial charge on any atom is -0.299 e. The van der Waals surface area contributed by atoms with Gasteiger partial charge in [0.1, 0.15) is 0 Å². The van der Waals surface area contributed by atoms with Gasteiger partial charge in [-0.15, -0.1) is 24.8 Å². The van der Waals surface area contributed by atoms with E-state index >= 15 is 0 Å². The Morgan fingerprint density at radius 1 is 0.789 bits per heavy atom. The van der Waals surface area contributed by atoms with Crippen molar-refractivity contribution in [2.75, 3.05) is 19.6 Å². The summed E-state index contributed by atoms with van der Waals surface area (Å²) >= 11 is 6.14. The van der Waals surface area contributed by atoms with E-state index in [4.69, 9.17) is 11.6 Å². The zero-order chi connectivity index (χ0) is 24.7. The number of rotatable bonds is 8. The average Bonchev–Trinajstić information content (AvgIpc) is 3.10. The zero-order valence-electron chi connectivity index (χ0n) is 22.0. The van der Waals surface area contributed by atoms with Gasteiger partial charge in [0.25, 0.3) is 0 Å². The van der Waals surface area contributed by atoms with Crippen molar-refractivity contribution in [3.05, 3.63) is 106 Å². The van der Waals surface area contributed by atoms with Crippen LogP contribution in [0.1, 0.15) is 64.7 Å². The molecule has 1 saturated heterocycles. The van der Waals surface area contributed by atoms with Gasteiger partial charge in [-0.05, 0) is 98.1 Å². The van der Waals surface area contributed by atoms with Gasteiger partial charge >= 0.3 is 0 Å². The molecule has 0 atom stereocenters. The molecule has 0 N–H and O–H groups in total. The summed E-state index contributed by atoms with van der Waals surface area (Å²) in [5.74, 6) is 0.949. The number of hydrogen-bond acceptors (Lipinski definition) is 3. The van der Waals surface area contributed by atoms with Crippen LogP contribution in [0.15, 0.2) is 72.8 Å². The van der Waals surface area contributed by atoms with Gasteiger partial charge in [0.15, 0.2) is 5.78 Å². The van der Waals surface area contributed by atoms with Crippen LogP contribution in [0.5, 0.6) is 0 Å². The van der Waals surface area contributed by atoms with Gasteiger partial charge in [-0.3, -0.25) is 14.6 Å². The number of likely N-dealkylation sites (tertiary alicyclic amines) is 1. The number of fused-ring (bicyclic) bond motifs is 1. The smallest absolute Gasteiger partial charge is 0.162 e. The summed E-state index contributed by atoms with van der Waals surface area (Å²) in [4.78, 5) is 18.2. The largest absolute Gasteiger partial charge is 0.299 e. The van der Waals surface area contributed by atoms with Gasteiger partial charge < -0.3 is 0 Å². The standard InChI is InChI=1S/C32H37ClN2O.2ClH/c33-31-10-4-8-27(20-31)23-34-18-15-25(16-19-34)11-14-32(36)29-13-12-28-9-5-17-35(24-30(28)21-29)22-26-6-2-1-3-7-26;;/h1-4,6-8,10,12-13,20-21,25H,5,9,11,14-19,22-24H2;2*1H. The second-order valence-electron chi connectivity index (χ2n) is 10.6. The highest BCUT2D eigenvalue weighted by Gasteiger charge is 2.21. The number of Topliss-reactive ketones (excluding diaryl/α,β-unsaturated/α-hetero) is 1. The molecule has 2 aliphatic heterocycles. The molecule has 0 aliphatic carbocycles.